The van der Waals surface area contributed by atoms with Gasteiger partial charge in [0.05, 0.1) is 12.4 Å². The van der Waals surface area contributed by atoms with E-state index in [9.17, 15) is 8.42 Å². The van der Waals surface area contributed by atoms with Gasteiger partial charge in [-0.3, -0.25) is 0 Å². The maximum absolute atomic E-state index is 11.6. The predicted molar refractivity (Wildman–Crippen MR) is 52.9 cm³/mol. The highest BCUT2D eigenvalue weighted by molar-refractivity contribution is 7.89. The average molecular weight is 209 g/mol. The van der Waals surface area contributed by atoms with Crippen LogP contribution in [0.4, 0.5) is 0 Å². The van der Waals surface area contributed by atoms with Crippen LogP contribution in [0.2, 0.25) is 0 Å². The SMILES string of the molecule is CC(C)CS(=O)(=O)N(C)C(C)CO. The third-order valence-electron chi connectivity index (χ3n) is 1.87. The molecule has 1 N–H and O–H groups in total. The number of likely N-dealkylation sites (N-methyl/N-ethyl adjacent to an activating group) is 1. The highest BCUT2D eigenvalue weighted by atomic mass is 32.2. The second-order valence-corrected chi connectivity index (χ2v) is 5.79. The van der Waals surface area contributed by atoms with Gasteiger partial charge in [0.25, 0.3) is 0 Å². The van der Waals surface area contributed by atoms with Gasteiger partial charge in [-0.25, -0.2) is 8.42 Å². The molecule has 0 radical (unpaired) electrons. The van der Waals surface area contributed by atoms with Crippen LogP contribution < -0.4 is 0 Å². The summed E-state index contributed by atoms with van der Waals surface area (Å²) in [5, 5.41) is 8.80. The van der Waals surface area contributed by atoms with Gasteiger partial charge in [-0.2, -0.15) is 4.31 Å². The van der Waals surface area contributed by atoms with Gasteiger partial charge in [-0.05, 0) is 12.8 Å². The minimum atomic E-state index is -3.20. The molecule has 0 aliphatic heterocycles. The maximum Gasteiger partial charge on any atom is 0.214 e. The van der Waals surface area contributed by atoms with E-state index >= 15 is 0 Å². The van der Waals surface area contributed by atoms with Crippen molar-refractivity contribution in [2.45, 2.75) is 26.8 Å². The van der Waals surface area contributed by atoms with Crippen molar-refractivity contribution >= 4 is 10.0 Å². The molecule has 0 fully saturated rings. The molecule has 0 amide bonds. The molecule has 0 aromatic rings. The van der Waals surface area contributed by atoms with Crippen molar-refractivity contribution < 1.29 is 13.5 Å². The number of aliphatic hydroxyl groups excluding tert-OH is 1. The Kier molecular flexibility index (Phi) is 4.88. The van der Waals surface area contributed by atoms with Crippen LogP contribution in [-0.4, -0.2) is 43.3 Å². The molecule has 13 heavy (non-hydrogen) atoms. The van der Waals surface area contributed by atoms with Gasteiger partial charge < -0.3 is 5.11 Å². The summed E-state index contributed by atoms with van der Waals surface area (Å²) in [6.45, 7) is 5.25. The summed E-state index contributed by atoms with van der Waals surface area (Å²) in [5.74, 6) is 0.242. The minimum absolute atomic E-state index is 0.110. The molecule has 0 aromatic carbocycles. The lowest BCUT2D eigenvalue weighted by Crippen LogP contribution is -2.39. The first-order chi connectivity index (χ1) is 5.81. The number of rotatable bonds is 5. The largest absolute Gasteiger partial charge is 0.395 e. The van der Waals surface area contributed by atoms with E-state index in [1.807, 2.05) is 13.8 Å². The molecular weight excluding hydrogens is 190 g/mol. The van der Waals surface area contributed by atoms with Crippen molar-refractivity contribution in [1.82, 2.24) is 4.31 Å². The highest BCUT2D eigenvalue weighted by Gasteiger charge is 2.23. The van der Waals surface area contributed by atoms with E-state index in [1.165, 1.54) is 11.4 Å². The number of sulfonamides is 1. The van der Waals surface area contributed by atoms with Crippen molar-refractivity contribution in [2.24, 2.45) is 5.92 Å². The summed E-state index contributed by atoms with van der Waals surface area (Å²) in [7, 11) is -1.70. The summed E-state index contributed by atoms with van der Waals surface area (Å²) >= 11 is 0. The Labute approximate surface area is 80.6 Å². The van der Waals surface area contributed by atoms with Gasteiger partial charge in [0.2, 0.25) is 10.0 Å². The van der Waals surface area contributed by atoms with Crippen LogP contribution >= 0.6 is 0 Å². The van der Waals surface area contributed by atoms with E-state index in [0.29, 0.717) is 0 Å². The zero-order chi connectivity index (χ0) is 10.6. The molecular formula is C8H19NO3S. The van der Waals surface area contributed by atoms with Gasteiger partial charge in [0.1, 0.15) is 0 Å². The molecule has 0 bridgehead atoms. The van der Waals surface area contributed by atoms with Crippen LogP contribution in [0.1, 0.15) is 20.8 Å². The topological polar surface area (TPSA) is 57.6 Å². The molecule has 0 aromatic heterocycles. The summed E-state index contributed by atoms with van der Waals surface area (Å²) in [5.41, 5.74) is 0. The van der Waals surface area contributed by atoms with E-state index in [2.05, 4.69) is 0 Å². The molecule has 80 valence electrons. The normalized spacial score (nSPS) is 15.3. The van der Waals surface area contributed by atoms with Gasteiger partial charge in [0, 0.05) is 13.1 Å². The van der Waals surface area contributed by atoms with Gasteiger partial charge in [-0.15, -0.1) is 0 Å². The summed E-state index contributed by atoms with van der Waals surface area (Å²) in [6.07, 6.45) is 0. The van der Waals surface area contributed by atoms with Crippen LogP contribution in [-0.2, 0) is 10.0 Å². The standard InChI is InChI=1S/C8H19NO3S/c1-7(2)6-13(11,12)9(4)8(3)5-10/h7-8,10H,5-6H2,1-4H3. The first-order valence-corrected chi connectivity index (χ1v) is 5.98. The Hall–Kier alpha value is -0.130. The van der Waals surface area contributed by atoms with E-state index in [0.717, 1.165) is 0 Å². The molecule has 4 nitrogen and oxygen atoms in total. The zero-order valence-electron chi connectivity index (χ0n) is 8.69. The second kappa shape index (κ2) is 4.93. The fourth-order valence-corrected chi connectivity index (χ4v) is 2.62. The molecule has 0 aliphatic rings. The number of nitrogens with zero attached hydrogens (tertiary/aromatic N) is 1. The third kappa shape index (κ3) is 4.06. The van der Waals surface area contributed by atoms with E-state index < -0.39 is 10.0 Å². The van der Waals surface area contributed by atoms with Gasteiger partial charge in [0.15, 0.2) is 0 Å². The molecule has 0 rings (SSSR count). The minimum Gasteiger partial charge on any atom is -0.395 e. The summed E-state index contributed by atoms with van der Waals surface area (Å²) in [6, 6.07) is -0.344. The monoisotopic (exact) mass is 209 g/mol. The van der Waals surface area contributed by atoms with Crippen LogP contribution in [0.25, 0.3) is 0 Å². The Morgan fingerprint density at radius 1 is 1.31 bits per heavy atom. The average Bonchev–Trinajstić information content (AvgIpc) is 1.99. The lowest BCUT2D eigenvalue weighted by molar-refractivity contribution is 0.213. The Morgan fingerprint density at radius 3 is 2.08 bits per heavy atom. The van der Waals surface area contributed by atoms with Crippen molar-refractivity contribution in [3.8, 4) is 0 Å². The number of hydrogen-bond donors (Lipinski definition) is 1. The quantitative estimate of drug-likeness (QED) is 0.708. The fraction of sp³-hybridized carbons (Fsp3) is 1.00. The fourth-order valence-electron chi connectivity index (χ4n) is 0.928. The first kappa shape index (κ1) is 12.9. The van der Waals surface area contributed by atoms with E-state index in [4.69, 9.17) is 5.11 Å². The Morgan fingerprint density at radius 2 is 1.77 bits per heavy atom. The van der Waals surface area contributed by atoms with E-state index in [1.54, 1.807) is 6.92 Å². The third-order valence-corrected chi connectivity index (χ3v) is 4.19. The highest BCUT2D eigenvalue weighted by Crippen LogP contribution is 2.08. The Balaban J connectivity index is 4.46. The first-order valence-electron chi connectivity index (χ1n) is 4.37. The van der Waals surface area contributed by atoms with Gasteiger partial charge >= 0.3 is 0 Å². The molecule has 1 unspecified atom stereocenters. The molecule has 0 spiro atoms. The molecule has 0 saturated heterocycles. The van der Waals surface area contributed by atoms with Crippen molar-refractivity contribution in [2.75, 3.05) is 19.4 Å². The Bertz CT molecular complexity index is 236. The molecule has 1 atom stereocenters. The molecule has 5 heteroatoms. The lowest BCUT2D eigenvalue weighted by atomic mass is 10.3. The lowest BCUT2D eigenvalue weighted by Gasteiger charge is -2.23. The van der Waals surface area contributed by atoms with Crippen LogP contribution in [0.15, 0.2) is 0 Å². The van der Waals surface area contributed by atoms with Crippen molar-refractivity contribution in [1.29, 1.82) is 0 Å². The van der Waals surface area contributed by atoms with E-state index in [-0.39, 0.29) is 24.3 Å². The zero-order valence-corrected chi connectivity index (χ0v) is 9.50. The molecule has 0 aliphatic carbocycles. The second-order valence-electron chi connectivity index (χ2n) is 3.72. The summed E-state index contributed by atoms with van der Waals surface area (Å²) < 4.78 is 24.3. The van der Waals surface area contributed by atoms with Crippen LogP contribution in [0, 0.1) is 5.92 Å². The van der Waals surface area contributed by atoms with Crippen LogP contribution in [0.5, 0.6) is 0 Å². The predicted octanol–water partition coefficient (Wildman–Crippen LogP) is 0.285. The van der Waals surface area contributed by atoms with Crippen LogP contribution in [0.3, 0.4) is 0 Å². The smallest absolute Gasteiger partial charge is 0.214 e. The number of aliphatic hydroxyl groups is 1. The van der Waals surface area contributed by atoms with Crippen molar-refractivity contribution in [3.05, 3.63) is 0 Å². The van der Waals surface area contributed by atoms with Gasteiger partial charge in [-0.1, -0.05) is 13.8 Å². The summed E-state index contributed by atoms with van der Waals surface area (Å²) in [4.78, 5) is 0. The maximum atomic E-state index is 11.6. The van der Waals surface area contributed by atoms with Crippen molar-refractivity contribution in [3.63, 3.8) is 0 Å². The molecule has 0 saturated carbocycles. The number of hydrogen-bond acceptors (Lipinski definition) is 3. The molecule has 0 heterocycles.